The van der Waals surface area contributed by atoms with E-state index < -0.39 is 28.3 Å². The van der Waals surface area contributed by atoms with Gasteiger partial charge in [-0.15, -0.1) is 0 Å². The molecule has 0 aliphatic heterocycles. The van der Waals surface area contributed by atoms with Crippen molar-refractivity contribution < 1.29 is 17.6 Å². The van der Waals surface area contributed by atoms with Gasteiger partial charge in [-0.05, 0) is 49.6 Å². The fourth-order valence-electron chi connectivity index (χ4n) is 2.57. The molecule has 0 heterocycles. The molecular formula is C19H23FN2O3S. The Hall–Kier alpha value is -2.41. The zero-order chi connectivity index (χ0) is 19.5. The third-order valence-corrected chi connectivity index (χ3v) is 5.34. The second-order valence-corrected chi connectivity index (χ2v) is 8.26. The molecule has 1 amide bonds. The van der Waals surface area contributed by atoms with E-state index in [9.17, 15) is 17.6 Å². The number of carbonyl (C=O) groups excluding carboxylic acids is 1. The van der Waals surface area contributed by atoms with E-state index in [2.05, 4.69) is 5.32 Å². The standard InChI is InChI=1S/C19H23FN2O3S/c1-13-9-10-16(11-14(13)2)15(3)21-19(23)12-22(26(4,24)25)18-8-6-5-7-17(18)20/h5-11,15H,12H2,1-4H3,(H,21,23)/t15-/m0/s1. The second-order valence-electron chi connectivity index (χ2n) is 6.35. The van der Waals surface area contributed by atoms with Crippen molar-refractivity contribution in [1.82, 2.24) is 5.32 Å². The largest absolute Gasteiger partial charge is 0.348 e. The molecule has 0 radical (unpaired) electrons. The number of nitrogens with zero attached hydrogens (tertiary/aromatic N) is 1. The van der Waals surface area contributed by atoms with Gasteiger partial charge in [-0.1, -0.05) is 30.3 Å². The predicted octanol–water partition coefficient (Wildman–Crippen LogP) is 3.09. The number of halogens is 1. The van der Waals surface area contributed by atoms with E-state index >= 15 is 0 Å². The molecule has 1 N–H and O–H groups in total. The number of benzene rings is 2. The van der Waals surface area contributed by atoms with Crippen LogP contribution in [0.15, 0.2) is 42.5 Å². The monoisotopic (exact) mass is 378 g/mol. The van der Waals surface area contributed by atoms with Gasteiger partial charge in [0.1, 0.15) is 12.4 Å². The van der Waals surface area contributed by atoms with Crippen LogP contribution in [0.2, 0.25) is 0 Å². The van der Waals surface area contributed by atoms with E-state index in [1.807, 2.05) is 39.0 Å². The molecule has 0 aliphatic rings. The van der Waals surface area contributed by atoms with Crippen LogP contribution in [0.25, 0.3) is 0 Å². The molecule has 0 fully saturated rings. The first kappa shape index (κ1) is 19.9. The molecule has 0 aliphatic carbocycles. The van der Waals surface area contributed by atoms with Crippen LogP contribution in [0.4, 0.5) is 10.1 Å². The summed E-state index contributed by atoms with van der Waals surface area (Å²) in [5.41, 5.74) is 3.02. The quantitative estimate of drug-likeness (QED) is 0.840. The summed E-state index contributed by atoms with van der Waals surface area (Å²) >= 11 is 0. The lowest BCUT2D eigenvalue weighted by atomic mass is 10.0. The molecule has 2 rings (SSSR count). The Bertz CT molecular complexity index is 913. The van der Waals surface area contributed by atoms with Gasteiger partial charge < -0.3 is 5.32 Å². The first-order valence-corrected chi connectivity index (χ1v) is 10.0. The summed E-state index contributed by atoms with van der Waals surface area (Å²) in [5, 5.41) is 2.77. The summed E-state index contributed by atoms with van der Waals surface area (Å²) in [6.45, 7) is 5.31. The van der Waals surface area contributed by atoms with Gasteiger partial charge in [-0.2, -0.15) is 0 Å². The topological polar surface area (TPSA) is 66.5 Å². The van der Waals surface area contributed by atoms with Gasteiger partial charge in [0.25, 0.3) is 0 Å². The molecule has 140 valence electrons. The molecule has 2 aromatic carbocycles. The lowest BCUT2D eigenvalue weighted by molar-refractivity contribution is -0.120. The number of anilines is 1. The predicted molar refractivity (Wildman–Crippen MR) is 101 cm³/mol. The van der Waals surface area contributed by atoms with Gasteiger partial charge in [-0.25, -0.2) is 12.8 Å². The number of nitrogens with one attached hydrogen (secondary N) is 1. The van der Waals surface area contributed by atoms with E-state index in [0.717, 1.165) is 33.3 Å². The summed E-state index contributed by atoms with van der Waals surface area (Å²) in [6, 6.07) is 11.0. The SMILES string of the molecule is Cc1ccc([C@H](C)NC(=O)CN(c2ccccc2F)S(C)(=O)=O)cc1C. The van der Waals surface area contributed by atoms with Crippen LogP contribution in [0.5, 0.6) is 0 Å². The van der Waals surface area contributed by atoms with Crippen LogP contribution >= 0.6 is 0 Å². The van der Waals surface area contributed by atoms with Gasteiger partial charge in [0.2, 0.25) is 15.9 Å². The van der Waals surface area contributed by atoms with Crippen molar-refractivity contribution in [2.75, 3.05) is 17.1 Å². The third-order valence-electron chi connectivity index (χ3n) is 4.22. The second kappa shape index (κ2) is 7.86. The summed E-state index contributed by atoms with van der Waals surface area (Å²) in [5.74, 6) is -1.21. The van der Waals surface area contributed by atoms with Crippen LogP contribution in [0.3, 0.4) is 0 Å². The first-order chi connectivity index (χ1) is 12.1. The fraction of sp³-hybridized carbons (Fsp3) is 0.316. The molecule has 0 bridgehead atoms. The average molecular weight is 378 g/mol. The lowest BCUT2D eigenvalue weighted by Gasteiger charge is -2.23. The molecule has 1 atom stereocenters. The minimum Gasteiger partial charge on any atom is -0.348 e. The van der Waals surface area contributed by atoms with E-state index in [0.29, 0.717) is 0 Å². The average Bonchev–Trinajstić information content (AvgIpc) is 2.55. The highest BCUT2D eigenvalue weighted by molar-refractivity contribution is 7.92. The molecule has 2 aromatic rings. The van der Waals surface area contributed by atoms with Gasteiger partial charge >= 0.3 is 0 Å². The smallest absolute Gasteiger partial charge is 0.241 e. The van der Waals surface area contributed by atoms with Crippen molar-refractivity contribution in [2.24, 2.45) is 0 Å². The number of carbonyl (C=O) groups is 1. The minimum atomic E-state index is -3.82. The number of rotatable bonds is 6. The Morgan fingerprint density at radius 2 is 1.81 bits per heavy atom. The molecule has 5 nitrogen and oxygen atoms in total. The highest BCUT2D eigenvalue weighted by Crippen LogP contribution is 2.21. The van der Waals surface area contributed by atoms with E-state index in [4.69, 9.17) is 0 Å². The van der Waals surface area contributed by atoms with Crippen molar-refractivity contribution in [1.29, 1.82) is 0 Å². The maximum atomic E-state index is 14.0. The number of amides is 1. The maximum Gasteiger partial charge on any atom is 0.241 e. The minimum absolute atomic E-state index is 0.149. The van der Waals surface area contributed by atoms with Gasteiger partial charge in [-0.3, -0.25) is 9.10 Å². The highest BCUT2D eigenvalue weighted by Gasteiger charge is 2.24. The van der Waals surface area contributed by atoms with E-state index in [-0.39, 0.29) is 11.7 Å². The van der Waals surface area contributed by atoms with Crippen LogP contribution in [-0.4, -0.2) is 27.1 Å². The van der Waals surface area contributed by atoms with Crippen molar-refractivity contribution in [3.8, 4) is 0 Å². The van der Waals surface area contributed by atoms with Crippen molar-refractivity contribution in [3.05, 3.63) is 65.0 Å². The number of hydrogen-bond donors (Lipinski definition) is 1. The van der Waals surface area contributed by atoms with E-state index in [1.54, 1.807) is 0 Å². The number of aryl methyl sites for hydroxylation is 2. The van der Waals surface area contributed by atoms with Gasteiger partial charge in [0.15, 0.2) is 0 Å². The van der Waals surface area contributed by atoms with Crippen LogP contribution in [0.1, 0.15) is 29.7 Å². The van der Waals surface area contributed by atoms with Crippen LogP contribution in [0, 0.1) is 19.7 Å². The Balaban J connectivity index is 2.17. The van der Waals surface area contributed by atoms with Gasteiger partial charge in [0.05, 0.1) is 18.0 Å². The number of sulfonamides is 1. The van der Waals surface area contributed by atoms with E-state index in [1.165, 1.54) is 18.2 Å². The fourth-order valence-corrected chi connectivity index (χ4v) is 3.43. The Morgan fingerprint density at radius 3 is 2.38 bits per heavy atom. The highest BCUT2D eigenvalue weighted by atomic mass is 32.2. The Labute approximate surface area is 153 Å². The molecule has 0 saturated heterocycles. The maximum absolute atomic E-state index is 14.0. The third kappa shape index (κ3) is 4.82. The van der Waals surface area contributed by atoms with Crippen LogP contribution < -0.4 is 9.62 Å². The molecule has 26 heavy (non-hydrogen) atoms. The summed E-state index contributed by atoms with van der Waals surface area (Å²) in [6.07, 6.45) is 0.944. The zero-order valence-electron chi connectivity index (χ0n) is 15.3. The molecule has 0 aromatic heterocycles. The normalized spacial score (nSPS) is 12.5. The first-order valence-electron chi connectivity index (χ1n) is 8.18. The van der Waals surface area contributed by atoms with Crippen molar-refractivity contribution in [3.63, 3.8) is 0 Å². The zero-order valence-corrected chi connectivity index (χ0v) is 16.1. The molecule has 0 saturated carbocycles. The molecule has 7 heteroatoms. The summed E-state index contributed by atoms with van der Waals surface area (Å²) < 4.78 is 38.8. The molecular weight excluding hydrogens is 355 g/mol. The number of hydrogen-bond acceptors (Lipinski definition) is 3. The van der Waals surface area contributed by atoms with Crippen molar-refractivity contribution in [2.45, 2.75) is 26.8 Å². The summed E-state index contributed by atoms with van der Waals surface area (Å²) in [7, 11) is -3.82. The van der Waals surface area contributed by atoms with Crippen LogP contribution in [-0.2, 0) is 14.8 Å². The Morgan fingerprint density at radius 1 is 1.15 bits per heavy atom. The lowest BCUT2D eigenvalue weighted by Crippen LogP contribution is -2.41. The van der Waals surface area contributed by atoms with Crippen molar-refractivity contribution >= 4 is 21.6 Å². The Kier molecular flexibility index (Phi) is 6.02. The molecule has 0 spiro atoms. The number of para-hydroxylation sites is 1. The van der Waals surface area contributed by atoms with Gasteiger partial charge in [0, 0.05) is 0 Å². The summed E-state index contributed by atoms with van der Waals surface area (Å²) in [4.78, 5) is 12.4. The molecule has 0 unspecified atom stereocenters.